The molecule has 19 heavy (non-hydrogen) atoms. The monoisotopic (exact) mass is 341 g/mol. The second-order valence-electron chi connectivity index (χ2n) is 4.60. The first-order valence-electron chi connectivity index (χ1n) is 6.23. The third-order valence-corrected chi connectivity index (χ3v) is 4.65. The van der Waals surface area contributed by atoms with Crippen molar-refractivity contribution in [3.63, 3.8) is 0 Å². The Balaban J connectivity index is 1.68. The molecule has 1 aromatic carbocycles. The molecule has 0 atom stereocenters. The van der Waals surface area contributed by atoms with E-state index in [1.165, 1.54) is 25.0 Å². The highest BCUT2D eigenvalue weighted by molar-refractivity contribution is 9.10. The highest BCUT2D eigenvalue weighted by atomic mass is 79.9. The van der Waals surface area contributed by atoms with Gasteiger partial charge in [0, 0.05) is 29.0 Å². The Morgan fingerprint density at radius 2 is 2.21 bits per heavy atom. The number of nitrogens with zero attached hydrogens (tertiary/aromatic N) is 2. The van der Waals surface area contributed by atoms with Gasteiger partial charge in [0.25, 0.3) is 0 Å². The fourth-order valence-electron chi connectivity index (χ4n) is 1.80. The topological polar surface area (TPSA) is 37.8 Å². The molecule has 0 spiro atoms. The molecule has 1 aromatic heterocycles. The van der Waals surface area contributed by atoms with Crippen molar-refractivity contribution in [3.8, 4) is 10.6 Å². The van der Waals surface area contributed by atoms with E-state index in [1.54, 1.807) is 17.4 Å². The Hall–Kier alpha value is -0.850. The average Bonchev–Trinajstić information content (AvgIpc) is 3.07. The third-order valence-electron chi connectivity index (χ3n) is 2.98. The van der Waals surface area contributed by atoms with Gasteiger partial charge in [-0.05, 0) is 47.0 Å². The van der Waals surface area contributed by atoms with Crippen LogP contribution in [0.2, 0.25) is 0 Å². The zero-order valence-corrected chi connectivity index (χ0v) is 12.6. The lowest BCUT2D eigenvalue weighted by molar-refractivity contribution is 0.627. The zero-order chi connectivity index (χ0) is 13.2. The standard InChI is InChI=1S/C13H13BrFN3S/c14-11-7-8(15)1-4-10(11)13-18-17-12(19-13)5-6-16-9-2-3-9/h1,4,7,9,16H,2-3,5-6H2. The molecule has 1 saturated carbocycles. The summed E-state index contributed by atoms with van der Waals surface area (Å²) in [6.45, 7) is 0.948. The summed E-state index contributed by atoms with van der Waals surface area (Å²) in [4.78, 5) is 0. The normalized spacial score (nSPS) is 14.8. The fraction of sp³-hybridized carbons (Fsp3) is 0.385. The third kappa shape index (κ3) is 3.38. The molecule has 0 amide bonds. The fourth-order valence-corrected chi connectivity index (χ4v) is 3.35. The van der Waals surface area contributed by atoms with Crippen molar-refractivity contribution in [2.45, 2.75) is 25.3 Å². The van der Waals surface area contributed by atoms with Crippen molar-refractivity contribution in [1.29, 1.82) is 0 Å². The maximum atomic E-state index is 13.0. The highest BCUT2D eigenvalue weighted by Gasteiger charge is 2.20. The van der Waals surface area contributed by atoms with Gasteiger partial charge in [-0.3, -0.25) is 0 Å². The van der Waals surface area contributed by atoms with Crippen LogP contribution in [0.3, 0.4) is 0 Å². The van der Waals surface area contributed by atoms with E-state index >= 15 is 0 Å². The lowest BCUT2D eigenvalue weighted by atomic mass is 10.2. The number of hydrogen-bond donors (Lipinski definition) is 1. The maximum absolute atomic E-state index is 13.0. The molecule has 1 aliphatic carbocycles. The van der Waals surface area contributed by atoms with Crippen LogP contribution in [0.1, 0.15) is 17.8 Å². The van der Waals surface area contributed by atoms with E-state index in [1.807, 2.05) is 0 Å². The van der Waals surface area contributed by atoms with Gasteiger partial charge >= 0.3 is 0 Å². The first-order valence-corrected chi connectivity index (χ1v) is 7.84. The molecule has 1 N–H and O–H groups in total. The van der Waals surface area contributed by atoms with E-state index in [0.717, 1.165) is 34.6 Å². The van der Waals surface area contributed by atoms with Crippen molar-refractivity contribution in [2.24, 2.45) is 0 Å². The van der Waals surface area contributed by atoms with E-state index in [-0.39, 0.29) is 5.82 Å². The molecule has 0 aliphatic heterocycles. The predicted octanol–water partition coefficient (Wildman–Crippen LogP) is 3.40. The molecule has 1 fully saturated rings. The molecule has 1 aliphatic rings. The first kappa shape index (κ1) is 13.1. The van der Waals surface area contributed by atoms with Crippen LogP contribution in [0.15, 0.2) is 22.7 Å². The molecular weight excluding hydrogens is 329 g/mol. The van der Waals surface area contributed by atoms with Crippen LogP contribution in [0.4, 0.5) is 4.39 Å². The molecule has 0 radical (unpaired) electrons. The van der Waals surface area contributed by atoms with Gasteiger partial charge in [-0.15, -0.1) is 10.2 Å². The lowest BCUT2D eigenvalue weighted by Gasteiger charge is -1.99. The molecular formula is C13H13BrFN3S. The first-order chi connectivity index (χ1) is 9.22. The summed E-state index contributed by atoms with van der Waals surface area (Å²) in [5.41, 5.74) is 0.889. The van der Waals surface area contributed by atoms with Crippen LogP contribution in [0.25, 0.3) is 10.6 Å². The minimum atomic E-state index is -0.256. The summed E-state index contributed by atoms with van der Waals surface area (Å²) in [6, 6.07) is 5.34. The van der Waals surface area contributed by atoms with Crippen LogP contribution in [-0.2, 0) is 6.42 Å². The van der Waals surface area contributed by atoms with Gasteiger partial charge in [-0.25, -0.2) is 4.39 Å². The number of rotatable bonds is 5. The Morgan fingerprint density at radius 1 is 1.37 bits per heavy atom. The van der Waals surface area contributed by atoms with Crippen molar-refractivity contribution in [2.75, 3.05) is 6.54 Å². The summed E-state index contributed by atoms with van der Waals surface area (Å²) >= 11 is 4.92. The molecule has 0 unspecified atom stereocenters. The summed E-state index contributed by atoms with van der Waals surface area (Å²) < 4.78 is 13.8. The number of aromatic nitrogens is 2. The van der Waals surface area contributed by atoms with Crippen LogP contribution < -0.4 is 5.32 Å². The molecule has 0 saturated heterocycles. The Labute approximate surface area is 123 Å². The van der Waals surface area contributed by atoms with Crippen LogP contribution in [0.5, 0.6) is 0 Å². The van der Waals surface area contributed by atoms with Gasteiger partial charge in [-0.2, -0.15) is 0 Å². The van der Waals surface area contributed by atoms with Gasteiger partial charge in [-0.1, -0.05) is 11.3 Å². The maximum Gasteiger partial charge on any atom is 0.148 e. The summed E-state index contributed by atoms with van der Waals surface area (Å²) in [5, 5.41) is 13.7. The molecule has 3 rings (SSSR count). The zero-order valence-electron chi connectivity index (χ0n) is 10.2. The number of hydrogen-bond acceptors (Lipinski definition) is 4. The van der Waals surface area contributed by atoms with E-state index in [4.69, 9.17) is 0 Å². The van der Waals surface area contributed by atoms with Gasteiger partial charge in [0.05, 0.1) is 0 Å². The van der Waals surface area contributed by atoms with Crippen LogP contribution in [-0.4, -0.2) is 22.8 Å². The smallest absolute Gasteiger partial charge is 0.148 e. The van der Waals surface area contributed by atoms with Gasteiger partial charge in [0.1, 0.15) is 15.8 Å². The second-order valence-corrected chi connectivity index (χ2v) is 6.52. The second kappa shape index (κ2) is 5.64. The predicted molar refractivity (Wildman–Crippen MR) is 77.7 cm³/mol. The van der Waals surface area contributed by atoms with E-state index < -0.39 is 0 Å². The van der Waals surface area contributed by atoms with Crippen molar-refractivity contribution < 1.29 is 4.39 Å². The average molecular weight is 342 g/mol. The lowest BCUT2D eigenvalue weighted by Crippen LogP contribution is -2.19. The van der Waals surface area contributed by atoms with E-state index in [0.29, 0.717) is 4.47 Å². The van der Waals surface area contributed by atoms with E-state index in [2.05, 4.69) is 31.4 Å². The molecule has 2 aromatic rings. The molecule has 3 nitrogen and oxygen atoms in total. The van der Waals surface area contributed by atoms with Crippen LogP contribution in [0, 0.1) is 5.82 Å². The molecule has 100 valence electrons. The quantitative estimate of drug-likeness (QED) is 0.905. The Morgan fingerprint density at radius 3 is 2.95 bits per heavy atom. The minimum absolute atomic E-state index is 0.256. The van der Waals surface area contributed by atoms with Crippen molar-refractivity contribution in [3.05, 3.63) is 33.5 Å². The van der Waals surface area contributed by atoms with Gasteiger partial charge in [0.15, 0.2) is 0 Å². The molecule has 0 bridgehead atoms. The Kier molecular flexibility index (Phi) is 3.91. The SMILES string of the molecule is Fc1ccc(-c2nnc(CCNC3CC3)s2)c(Br)c1. The Bertz CT molecular complexity index is 583. The molecule has 6 heteroatoms. The highest BCUT2D eigenvalue weighted by Crippen LogP contribution is 2.31. The van der Waals surface area contributed by atoms with Crippen molar-refractivity contribution >= 4 is 27.3 Å². The van der Waals surface area contributed by atoms with E-state index in [9.17, 15) is 4.39 Å². The van der Waals surface area contributed by atoms with Crippen LogP contribution >= 0.6 is 27.3 Å². The largest absolute Gasteiger partial charge is 0.314 e. The van der Waals surface area contributed by atoms with Crippen molar-refractivity contribution in [1.82, 2.24) is 15.5 Å². The number of nitrogens with one attached hydrogen (secondary N) is 1. The number of halogens is 2. The number of benzene rings is 1. The summed E-state index contributed by atoms with van der Waals surface area (Å²) in [7, 11) is 0. The van der Waals surface area contributed by atoms with Gasteiger partial charge < -0.3 is 5.32 Å². The summed E-state index contributed by atoms with van der Waals surface area (Å²) in [6.07, 6.45) is 3.49. The minimum Gasteiger partial charge on any atom is -0.314 e. The summed E-state index contributed by atoms with van der Waals surface area (Å²) in [5.74, 6) is -0.256. The van der Waals surface area contributed by atoms with Gasteiger partial charge in [0.2, 0.25) is 0 Å². The molecule has 1 heterocycles.